The monoisotopic (exact) mass is 198 g/mol. The van der Waals surface area contributed by atoms with Crippen LogP contribution in [0.1, 0.15) is 13.8 Å². The molecule has 0 aliphatic heterocycles. The molecule has 0 heterocycles. The van der Waals surface area contributed by atoms with Gasteiger partial charge in [-0.25, -0.2) is 0 Å². The van der Waals surface area contributed by atoms with E-state index in [4.69, 9.17) is 0 Å². The normalized spacial score (nSPS) is 14.3. The Morgan fingerprint density at radius 2 is 1.85 bits per heavy atom. The lowest BCUT2D eigenvalue weighted by molar-refractivity contribution is -0.123. The van der Waals surface area contributed by atoms with E-state index in [2.05, 4.69) is 26.2 Å². The second-order valence-electron chi connectivity index (χ2n) is 5.16. The number of carbonyl (C=O) groups excluding carboxylic acids is 1. The highest BCUT2D eigenvalue weighted by molar-refractivity contribution is 6.76. The van der Waals surface area contributed by atoms with Crippen LogP contribution in [-0.2, 0) is 4.79 Å². The maximum absolute atomic E-state index is 11.7. The van der Waals surface area contributed by atoms with Crippen LogP contribution in [0.5, 0.6) is 0 Å². The van der Waals surface area contributed by atoms with Gasteiger partial charge in [0.1, 0.15) is 5.78 Å². The highest BCUT2D eigenvalue weighted by Gasteiger charge is 2.24. The maximum Gasteiger partial charge on any atom is 0.141 e. The largest absolute Gasteiger partial charge is 0.299 e. The van der Waals surface area contributed by atoms with E-state index in [1.807, 2.05) is 19.9 Å². The molecule has 1 atom stereocenters. The molecule has 1 nitrogen and oxygen atoms in total. The summed E-state index contributed by atoms with van der Waals surface area (Å²) in [6, 6.07) is 1.04. The molecule has 0 amide bonds. The summed E-state index contributed by atoms with van der Waals surface area (Å²) in [6.07, 6.45) is 1.82. The van der Waals surface area contributed by atoms with Gasteiger partial charge in [-0.1, -0.05) is 39.6 Å². The standard InChI is InChI=1S/C11H22OSi/c1-7-10(8-13(4,5)6)11(12)9(2)3/h7,9-10H,1,8H2,2-6H3. The predicted molar refractivity (Wildman–Crippen MR) is 61.7 cm³/mol. The number of Topliss-reactive ketones (excluding diaryl/α,β-unsaturated/α-hetero) is 1. The van der Waals surface area contributed by atoms with Crippen LogP contribution in [0.2, 0.25) is 25.7 Å². The predicted octanol–water partition coefficient (Wildman–Crippen LogP) is 3.35. The number of hydrogen-bond acceptors (Lipinski definition) is 1. The third-order valence-corrected chi connectivity index (χ3v) is 3.72. The van der Waals surface area contributed by atoms with Crippen molar-refractivity contribution in [1.82, 2.24) is 0 Å². The Morgan fingerprint density at radius 1 is 1.38 bits per heavy atom. The smallest absolute Gasteiger partial charge is 0.141 e. The van der Waals surface area contributed by atoms with E-state index >= 15 is 0 Å². The lowest BCUT2D eigenvalue weighted by Crippen LogP contribution is -2.28. The summed E-state index contributed by atoms with van der Waals surface area (Å²) >= 11 is 0. The van der Waals surface area contributed by atoms with E-state index in [-0.39, 0.29) is 11.8 Å². The first-order valence-corrected chi connectivity index (χ1v) is 8.65. The molecule has 0 aromatic carbocycles. The summed E-state index contributed by atoms with van der Waals surface area (Å²) < 4.78 is 0. The Hall–Kier alpha value is -0.373. The van der Waals surface area contributed by atoms with Gasteiger partial charge in [0.25, 0.3) is 0 Å². The Balaban J connectivity index is 4.36. The summed E-state index contributed by atoms with van der Waals surface area (Å²) in [5.41, 5.74) is 0. The van der Waals surface area contributed by atoms with Crippen LogP contribution < -0.4 is 0 Å². The average Bonchev–Trinajstić information content (AvgIpc) is 1.97. The van der Waals surface area contributed by atoms with E-state index in [9.17, 15) is 4.79 Å². The Morgan fingerprint density at radius 3 is 2.08 bits per heavy atom. The van der Waals surface area contributed by atoms with Crippen LogP contribution in [-0.4, -0.2) is 13.9 Å². The van der Waals surface area contributed by atoms with Crippen molar-refractivity contribution in [3.8, 4) is 0 Å². The van der Waals surface area contributed by atoms with Gasteiger partial charge in [0.05, 0.1) is 0 Å². The number of rotatable bonds is 5. The Labute approximate surface area is 83.2 Å². The molecule has 0 aliphatic rings. The summed E-state index contributed by atoms with van der Waals surface area (Å²) in [4.78, 5) is 11.7. The van der Waals surface area contributed by atoms with E-state index in [0.29, 0.717) is 5.78 Å². The van der Waals surface area contributed by atoms with Gasteiger partial charge in [-0.2, -0.15) is 0 Å². The zero-order chi connectivity index (χ0) is 10.6. The van der Waals surface area contributed by atoms with Gasteiger partial charge in [-0.15, -0.1) is 6.58 Å². The second-order valence-corrected chi connectivity index (χ2v) is 10.7. The summed E-state index contributed by atoms with van der Waals surface area (Å²) in [6.45, 7) is 14.5. The van der Waals surface area contributed by atoms with Gasteiger partial charge in [0.15, 0.2) is 0 Å². The molecular formula is C11H22OSi. The van der Waals surface area contributed by atoms with Crippen LogP contribution in [0.25, 0.3) is 0 Å². The molecule has 0 radical (unpaired) electrons. The van der Waals surface area contributed by atoms with Gasteiger partial charge in [0, 0.05) is 19.9 Å². The fourth-order valence-electron chi connectivity index (χ4n) is 1.39. The van der Waals surface area contributed by atoms with Crippen LogP contribution in [0.15, 0.2) is 12.7 Å². The van der Waals surface area contributed by atoms with E-state index < -0.39 is 8.07 Å². The van der Waals surface area contributed by atoms with Crippen LogP contribution in [0.4, 0.5) is 0 Å². The fraction of sp³-hybridized carbons (Fsp3) is 0.727. The highest BCUT2D eigenvalue weighted by atomic mass is 28.3. The first-order chi connectivity index (χ1) is 5.78. The molecule has 13 heavy (non-hydrogen) atoms. The Kier molecular flexibility index (Phi) is 4.61. The van der Waals surface area contributed by atoms with Crippen molar-refractivity contribution >= 4 is 13.9 Å². The molecule has 2 heteroatoms. The quantitative estimate of drug-likeness (QED) is 0.489. The molecule has 0 N–H and O–H groups in total. The number of carbonyl (C=O) groups is 1. The van der Waals surface area contributed by atoms with Gasteiger partial charge in [-0.05, 0) is 6.04 Å². The first-order valence-electron chi connectivity index (χ1n) is 4.94. The topological polar surface area (TPSA) is 17.1 Å². The molecular weight excluding hydrogens is 176 g/mol. The summed E-state index contributed by atoms with van der Waals surface area (Å²) in [5, 5.41) is 0. The first kappa shape index (κ1) is 12.6. The number of ketones is 1. The minimum absolute atomic E-state index is 0.0895. The minimum atomic E-state index is -1.14. The molecule has 0 saturated heterocycles. The molecule has 0 aromatic heterocycles. The lowest BCUT2D eigenvalue weighted by atomic mass is 9.97. The van der Waals surface area contributed by atoms with Crippen molar-refractivity contribution < 1.29 is 4.79 Å². The fourth-order valence-corrected chi connectivity index (χ4v) is 3.08. The van der Waals surface area contributed by atoms with Gasteiger partial charge >= 0.3 is 0 Å². The minimum Gasteiger partial charge on any atom is -0.299 e. The van der Waals surface area contributed by atoms with Crippen LogP contribution in [0.3, 0.4) is 0 Å². The third-order valence-electron chi connectivity index (χ3n) is 2.05. The molecule has 0 fully saturated rings. The van der Waals surface area contributed by atoms with Crippen LogP contribution >= 0.6 is 0 Å². The highest BCUT2D eigenvalue weighted by Crippen LogP contribution is 2.21. The molecule has 0 spiro atoms. The van der Waals surface area contributed by atoms with Gasteiger partial charge in [0.2, 0.25) is 0 Å². The molecule has 0 bridgehead atoms. The number of hydrogen-bond donors (Lipinski definition) is 0. The van der Waals surface area contributed by atoms with Gasteiger partial charge in [-0.3, -0.25) is 4.79 Å². The average molecular weight is 198 g/mol. The second kappa shape index (κ2) is 4.75. The van der Waals surface area contributed by atoms with Crippen molar-refractivity contribution in [2.75, 3.05) is 0 Å². The molecule has 0 aliphatic carbocycles. The van der Waals surface area contributed by atoms with Crippen molar-refractivity contribution in [1.29, 1.82) is 0 Å². The molecule has 1 unspecified atom stereocenters. The van der Waals surface area contributed by atoms with E-state index in [1.165, 1.54) is 0 Å². The molecule has 0 saturated carbocycles. The van der Waals surface area contributed by atoms with Crippen molar-refractivity contribution in [3.63, 3.8) is 0 Å². The Bertz CT molecular complexity index is 189. The lowest BCUT2D eigenvalue weighted by Gasteiger charge is -2.22. The third kappa shape index (κ3) is 5.04. The zero-order valence-corrected chi connectivity index (χ0v) is 10.6. The van der Waals surface area contributed by atoms with Crippen molar-refractivity contribution in [2.24, 2.45) is 11.8 Å². The van der Waals surface area contributed by atoms with Crippen molar-refractivity contribution in [3.05, 3.63) is 12.7 Å². The zero-order valence-electron chi connectivity index (χ0n) is 9.55. The summed E-state index contributed by atoms with van der Waals surface area (Å²) in [5.74, 6) is 0.573. The molecule has 0 aromatic rings. The maximum atomic E-state index is 11.7. The van der Waals surface area contributed by atoms with Crippen molar-refractivity contribution in [2.45, 2.75) is 39.5 Å². The molecule has 0 rings (SSSR count). The number of allylic oxidation sites excluding steroid dienone is 1. The van der Waals surface area contributed by atoms with E-state index in [0.717, 1.165) is 6.04 Å². The van der Waals surface area contributed by atoms with Gasteiger partial charge < -0.3 is 0 Å². The van der Waals surface area contributed by atoms with E-state index in [1.54, 1.807) is 0 Å². The SMILES string of the molecule is C=CC(C[Si](C)(C)C)C(=O)C(C)C. The summed E-state index contributed by atoms with van der Waals surface area (Å²) in [7, 11) is -1.14. The van der Waals surface area contributed by atoms with Crippen LogP contribution in [0, 0.1) is 11.8 Å². The molecule has 76 valence electrons.